The van der Waals surface area contributed by atoms with Gasteiger partial charge in [0.2, 0.25) is 0 Å². The third-order valence-electron chi connectivity index (χ3n) is 2.87. The minimum Gasteiger partial charge on any atom is -0.455 e. The zero-order chi connectivity index (χ0) is 8.60. The average molecular weight is 166 g/mol. The maximum Gasteiger partial charge on any atom is 0.306 e. The van der Waals surface area contributed by atoms with Crippen molar-refractivity contribution in [2.45, 2.75) is 44.6 Å². The first-order valence-corrected chi connectivity index (χ1v) is 4.62. The number of allylic oxidation sites excluding steroid dienone is 1. The molecule has 0 unspecified atom stereocenters. The van der Waals surface area contributed by atoms with Crippen LogP contribution in [0.2, 0.25) is 0 Å². The second-order valence-electron chi connectivity index (χ2n) is 3.83. The third kappa shape index (κ3) is 1.15. The molecule has 0 saturated carbocycles. The number of rotatable bonds is 0. The highest BCUT2D eigenvalue weighted by Gasteiger charge is 2.37. The molecule has 2 heteroatoms. The van der Waals surface area contributed by atoms with E-state index in [1.807, 2.05) is 6.92 Å². The molecule has 1 saturated heterocycles. The molecule has 2 aliphatic rings. The molecular formula is C10H14O2. The number of hydrogen-bond donors (Lipinski definition) is 0. The highest BCUT2D eigenvalue weighted by Crippen LogP contribution is 2.38. The van der Waals surface area contributed by atoms with E-state index in [0.29, 0.717) is 6.42 Å². The molecular weight excluding hydrogens is 152 g/mol. The van der Waals surface area contributed by atoms with Gasteiger partial charge in [0, 0.05) is 6.42 Å². The number of esters is 1. The van der Waals surface area contributed by atoms with Crippen molar-refractivity contribution in [3.05, 3.63) is 11.6 Å². The molecule has 0 aromatic rings. The SMILES string of the molecule is C[C@]12CCCC=C1CCC(=O)O2. The zero-order valence-corrected chi connectivity index (χ0v) is 7.43. The fourth-order valence-corrected chi connectivity index (χ4v) is 2.11. The lowest BCUT2D eigenvalue weighted by molar-refractivity contribution is -0.159. The molecule has 2 nitrogen and oxygen atoms in total. The summed E-state index contributed by atoms with van der Waals surface area (Å²) in [6, 6.07) is 0. The molecule has 12 heavy (non-hydrogen) atoms. The smallest absolute Gasteiger partial charge is 0.306 e. The zero-order valence-electron chi connectivity index (χ0n) is 7.43. The molecule has 0 amide bonds. The Kier molecular flexibility index (Phi) is 1.71. The Balaban J connectivity index is 2.26. The van der Waals surface area contributed by atoms with E-state index in [9.17, 15) is 4.79 Å². The van der Waals surface area contributed by atoms with Crippen molar-refractivity contribution in [1.29, 1.82) is 0 Å². The van der Waals surface area contributed by atoms with Crippen LogP contribution in [0.25, 0.3) is 0 Å². The van der Waals surface area contributed by atoms with Crippen molar-refractivity contribution in [3.8, 4) is 0 Å². The molecule has 0 spiro atoms. The van der Waals surface area contributed by atoms with Crippen LogP contribution in [-0.4, -0.2) is 11.6 Å². The molecule has 0 bridgehead atoms. The van der Waals surface area contributed by atoms with E-state index in [1.165, 1.54) is 5.57 Å². The first kappa shape index (κ1) is 7.84. The van der Waals surface area contributed by atoms with Gasteiger partial charge in [-0.2, -0.15) is 0 Å². The van der Waals surface area contributed by atoms with Crippen molar-refractivity contribution in [3.63, 3.8) is 0 Å². The Morgan fingerprint density at radius 2 is 2.33 bits per heavy atom. The normalized spacial score (nSPS) is 35.1. The molecule has 0 radical (unpaired) electrons. The maximum atomic E-state index is 11.1. The van der Waals surface area contributed by atoms with Gasteiger partial charge in [0.1, 0.15) is 5.60 Å². The Bertz CT molecular complexity index is 242. The Hall–Kier alpha value is -0.790. The molecule has 0 aromatic carbocycles. The lowest BCUT2D eigenvalue weighted by Gasteiger charge is -2.38. The van der Waals surface area contributed by atoms with E-state index in [4.69, 9.17) is 4.74 Å². The number of ether oxygens (including phenoxy) is 1. The van der Waals surface area contributed by atoms with E-state index in [1.54, 1.807) is 0 Å². The summed E-state index contributed by atoms with van der Waals surface area (Å²) in [5.41, 5.74) is 1.10. The lowest BCUT2D eigenvalue weighted by Crippen LogP contribution is -2.39. The number of fused-ring (bicyclic) bond motifs is 1. The van der Waals surface area contributed by atoms with E-state index in [0.717, 1.165) is 25.7 Å². The van der Waals surface area contributed by atoms with Crippen LogP contribution in [0, 0.1) is 0 Å². The van der Waals surface area contributed by atoms with Crippen molar-refractivity contribution in [2.75, 3.05) is 0 Å². The van der Waals surface area contributed by atoms with E-state index in [2.05, 4.69) is 6.08 Å². The molecule has 1 heterocycles. The highest BCUT2D eigenvalue weighted by molar-refractivity contribution is 5.72. The van der Waals surface area contributed by atoms with Gasteiger partial charge < -0.3 is 4.74 Å². The first-order valence-electron chi connectivity index (χ1n) is 4.62. The quantitative estimate of drug-likeness (QED) is 0.407. The maximum absolute atomic E-state index is 11.1. The summed E-state index contributed by atoms with van der Waals surface area (Å²) in [6.07, 6.45) is 7.03. The van der Waals surface area contributed by atoms with Gasteiger partial charge in [0.05, 0.1) is 0 Å². The number of hydrogen-bond acceptors (Lipinski definition) is 2. The molecule has 1 fully saturated rings. The van der Waals surface area contributed by atoms with Crippen molar-refractivity contribution >= 4 is 5.97 Å². The molecule has 0 N–H and O–H groups in total. The molecule has 1 aliphatic carbocycles. The lowest BCUT2D eigenvalue weighted by atomic mass is 9.81. The summed E-state index contributed by atoms with van der Waals surface area (Å²) in [7, 11) is 0. The predicted molar refractivity (Wildman–Crippen MR) is 45.7 cm³/mol. The van der Waals surface area contributed by atoms with Gasteiger partial charge in [-0.1, -0.05) is 6.08 Å². The summed E-state index contributed by atoms with van der Waals surface area (Å²) in [5, 5.41) is 0. The molecule has 1 aliphatic heterocycles. The fourth-order valence-electron chi connectivity index (χ4n) is 2.11. The monoisotopic (exact) mass is 166 g/mol. The van der Waals surface area contributed by atoms with Crippen molar-refractivity contribution in [2.24, 2.45) is 0 Å². The van der Waals surface area contributed by atoms with Crippen LogP contribution < -0.4 is 0 Å². The summed E-state index contributed by atoms with van der Waals surface area (Å²) in [4.78, 5) is 11.1. The summed E-state index contributed by atoms with van der Waals surface area (Å²) in [6.45, 7) is 2.04. The summed E-state index contributed by atoms with van der Waals surface area (Å²) >= 11 is 0. The Labute approximate surface area is 72.6 Å². The van der Waals surface area contributed by atoms with Gasteiger partial charge in [0.25, 0.3) is 0 Å². The van der Waals surface area contributed by atoms with Crippen LogP contribution in [0.15, 0.2) is 11.6 Å². The van der Waals surface area contributed by atoms with E-state index < -0.39 is 0 Å². The summed E-state index contributed by atoms with van der Waals surface area (Å²) in [5.74, 6) is -0.0310. The minimum absolute atomic E-state index is 0.0310. The van der Waals surface area contributed by atoms with Crippen LogP contribution >= 0.6 is 0 Å². The second kappa shape index (κ2) is 2.61. The number of carbonyl (C=O) groups is 1. The standard InChI is InChI=1S/C10H14O2/c1-10-7-3-2-4-8(10)5-6-9(11)12-10/h4H,2-3,5-7H2,1H3/t10-/m0/s1. The molecule has 2 rings (SSSR count). The third-order valence-corrected chi connectivity index (χ3v) is 2.87. The van der Waals surface area contributed by atoms with Gasteiger partial charge in [-0.3, -0.25) is 4.79 Å². The largest absolute Gasteiger partial charge is 0.455 e. The molecule has 66 valence electrons. The van der Waals surface area contributed by atoms with E-state index >= 15 is 0 Å². The van der Waals surface area contributed by atoms with Gasteiger partial charge in [-0.25, -0.2) is 0 Å². The van der Waals surface area contributed by atoms with E-state index in [-0.39, 0.29) is 11.6 Å². The second-order valence-corrected chi connectivity index (χ2v) is 3.83. The highest BCUT2D eigenvalue weighted by atomic mass is 16.6. The minimum atomic E-state index is -0.242. The topological polar surface area (TPSA) is 26.3 Å². The Morgan fingerprint density at radius 3 is 3.17 bits per heavy atom. The van der Waals surface area contributed by atoms with Crippen LogP contribution in [0.4, 0.5) is 0 Å². The van der Waals surface area contributed by atoms with Crippen LogP contribution in [-0.2, 0) is 9.53 Å². The van der Waals surface area contributed by atoms with Gasteiger partial charge in [-0.05, 0) is 38.2 Å². The Morgan fingerprint density at radius 1 is 1.50 bits per heavy atom. The van der Waals surface area contributed by atoms with Gasteiger partial charge in [0.15, 0.2) is 0 Å². The van der Waals surface area contributed by atoms with Crippen LogP contribution in [0.1, 0.15) is 39.0 Å². The average Bonchev–Trinajstić information content (AvgIpc) is 2.02. The predicted octanol–water partition coefficient (Wildman–Crippen LogP) is 2.19. The van der Waals surface area contributed by atoms with Crippen molar-refractivity contribution in [1.82, 2.24) is 0 Å². The summed E-state index contributed by atoms with van der Waals surface area (Å²) < 4.78 is 5.37. The van der Waals surface area contributed by atoms with Gasteiger partial charge >= 0.3 is 5.97 Å². The first-order chi connectivity index (χ1) is 5.71. The molecule has 1 atom stereocenters. The fraction of sp³-hybridized carbons (Fsp3) is 0.700. The van der Waals surface area contributed by atoms with Crippen molar-refractivity contribution < 1.29 is 9.53 Å². The number of carbonyl (C=O) groups excluding carboxylic acids is 1. The van der Waals surface area contributed by atoms with Crippen LogP contribution in [0.3, 0.4) is 0 Å². The van der Waals surface area contributed by atoms with Crippen LogP contribution in [0.5, 0.6) is 0 Å². The molecule has 0 aromatic heterocycles. The van der Waals surface area contributed by atoms with Gasteiger partial charge in [-0.15, -0.1) is 0 Å².